The summed E-state index contributed by atoms with van der Waals surface area (Å²) in [6.45, 7) is 5.56. The fourth-order valence-corrected chi connectivity index (χ4v) is 3.58. The van der Waals surface area contributed by atoms with E-state index in [9.17, 15) is 4.79 Å². The van der Waals surface area contributed by atoms with E-state index in [4.69, 9.17) is 4.52 Å². The first kappa shape index (κ1) is 17.6. The third-order valence-electron chi connectivity index (χ3n) is 4.86. The van der Waals surface area contributed by atoms with Crippen molar-refractivity contribution in [3.8, 4) is 0 Å². The molecular formula is C20H23N5O2. The number of carbonyl (C=O) groups excluding carboxylic acids is 1. The lowest BCUT2D eigenvalue weighted by Gasteiger charge is -2.31. The molecular weight excluding hydrogens is 342 g/mol. The Morgan fingerprint density at radius 2 is 2.15 bits per heavy atom. The number of para-hydroxylation sites is 1. The predicted molar refractivity (Wildman–Crippen MR) is 100 cm³/mol. The van der Waals surface area contributed by atoms with E-state index < -0.39 is 0 Å². The molecule has 1 aromatic carbocycles. The summed E-state index contributed by atoms with van der Waals surface area (Å²) >= 11 is 0. The lowest BCUT2D eigenvalue weighted by molar-refractivity contribution is 0.0697. The van der Waals surface area contributed by atoms with Crippen LogP contribution in [0.5, 0.6) is 0 Å². The number of amides is 1. The van der Waals surface area contributed by atoms with Gasteiger partial charge in [0.1, 0.15) is 5.52 Å². The number of nitrogens with zero attached hydrogens (tertiary/aromatic N) is 5. The number of benzene rings is 1. The molecule has 0 saturated carbocycles. The average molecular weight is 365 g/mol. The smallest absolute Gasteiger partial charge is 0.256 e. The maximum Gasteiger partial charge on any atom is 0.256 e. The quantitative estimate of drug-likeness (QED) is 0.706. The summed E-state index contributed by atoms with van der Waals surface area (Å²) in [6, 6.07) is 5.53. The summed E-state index contributed by atoms with van der Waals surface area (Å²) in [5, 5.41) is 4.09. The Labute approximate surface area is 157 Å². The molecule has 1 fully saturated rings. The van der Waals surface area contributed by atoms with Crippen LogP contribution < -0.4 is 0 Å². The van der Waals surface area contributed by atoms with Gasteiger partial charge in [-0.1, -0.05) is 25.1 Å². The van der Waals surface area contributed by atoms with Crippen molar-refractivity contribution in [1.82, 2.24) is 25.0 Å². The molecule has 2 aromatic heterocycles. The molecule has 1 aliphatic rings. The predicted octanol–water partition coefficient (Wildman–Crippen LogP) is 3.23. The van der Waals surface area contributed by atoms with E-state index >= 15 is 0 Å². The molecule has 7 heteroatoms. The van der Waals surface area contributed by atoms with Gasteiger partial charge in [0.15, 0.2) is 5.82 Å². The second-order valence-electron chi connectivity index (χ2n) is 7.47. The molecule has 0 N–H and O–H groups in total. The van der Waals surface area contributed by atoms with Crippen LogP contribution in [0.1, 0.15) is 54.7 Å². The van der Waals surface area contributed by atoms with Gasteiger partial charge in [0.05, 0.1) is 17.0 Å². The van der Waals surface area contributed by atoms with E-state index in [1.54, 1.807) is 12.4 Å². The maximum absolute atomic E-state index is 13.1. The Bertz CT molecular complexity index is 947. The lowest BCUT2D eigenvalue weighted by atomic mass is 9.97. The van der Waals surface area contributed by atoms with Gasteiger partial charge in [-0.3, -0.25) is 14.8 Å². The van der Waals surface area contributed by atoms with Gasteiger partial charge < -0.3 is 9.42 Å². The molecule has 1 unspecified atom stereocenters. The van der Waals surface area contributed by atoms with E-state index in [1.807, 2.05) is 23.1 Å². The third-order valence-corrected chi connectivity index (χ3v) is 4.86. The van der Waals surface area contributed by atoms with Gasteiger partial charge in [-0.25, -0.2) is 0 Å². The van der Waals surface area contributed by atoms with Crippen molar-refractivity contribution in [2.45, 2.75) is 39.0 Å². The Hall–Kier alpha value is -2.83. The number of hydrogen-bond acceptors (Lipinski definition) is 6. The zero-order chi connectivity index (χ0) is 18.8. The summed E-state index contributed by atoms with van der Waals surface area (Å²) in [6.07, 6.45) is 5.91. The van der Waals surface area contributed by atoms with Crippen LogP contribution >= 0.6 is 0 Å². The van der Waals surface area contributed by atoms with E-state index in [-0.39, 0.29) is 11.8 Å². The van der Waals surface area contributed by atoms with Crippen LogP contribution in [0.25, 0.3) is 11.0 Å². The molecule has 0 radical (unpaired) electrons. The number of aromatic nitrogens is 4. The van der Waals surface area contributed by atoms with Gasteiger partial charge >= 0.3 is 0 Å². The van der Waals surface area contributed by atoms with Crippen molar-refractivity contribution in [2.75, 3.05) is 13.1 Å². The molecule has 3 aromatic rings. The van der Waals surface area contributed by atoms with Crippen molar-refractivity contribution < 1.29 is 9.32 Å². The number of fused-ring (bicyclic) bond motifs is 1. The topological polar surface area (TPSA) is 85.0 Å². The molecule has 0 aliphatic carbocycles. The fraction of sp³-hybridized carbons (Fsp3) is 0.450. The van der Waals surface area contributed by atoms with E-state index in [0.717, 1.165) is 37.1 Å². The van der Waals surface area contributed by atoms with Crippen molar-refractivity contribution in [3.63, 3.8) is 0 Å². The summed E-state index contributed by atoms with van der Waals surface area (Å²) in [5.41, 5.74) is 1.96. The van der Waals surface area contributed by atoms with Gasteiger partial charge in [0.25, 0.3) is 5.91 Å². The highest BCUT2D eigenvalue weighted by molar-refractivity contribution is 6.04. The largest absolute Gasteiger partial charge is 0.339 e. The highest BCUT2D eigenvalue weighted by Crippen LogP contribution is 2.28. The van der Waals surface area contributed by atoms with Gasteiger partial charge in [-0.05, 0) is 30.9 Å². The Kier molecular flexibility index (Phi) is 4.83. The van der Waals surface area contributed by atoms with E-state index in [2.05, 4.69) is 34.0 Å². The normalized spacial score (nSPS) is 17.6. The number of rotatable bonds is 4. The van der Waals surface area contributed by atoms with Crippen LogP contribution in [-0.4, -0.2) is 44.0 Å². The zero-order valence-corrected chi connectivity index (χ0v) is 15.6. The van der Waals surface area contributed by atoms with Crippen molar-refractivity contribution in [3.05, 3.63) is 47.9 Å². The van der Waals surface area contributed by atoms with Gasteiger partial charge in [-0.15, -0.1) is 0 Å². The van der Waals surface area contributed by atoms with Crippen LogP contribution in [0.15, 0.2) is 35.1 Å². The van der Waals surface area contributed by atoms with Crippen LogP contribution in [-0.2, 0) is 6.42 Å². The SMILES string of the molecule is CC(C)Cc1noc(C2CCCN(C(=O)c3cccc4nccnc34)C2)n1. The zero-order valence-electron chi connectivity index (χ0n) is 15.6. The standard InChI is InChI=1S/C20H23N5O2/c1-13(2)11-17-23-19(27-24-17)14-5-4-10-25(12-14)20(26)15-6-3-7-16-18(15)22-9-8-21-16/h3,6-9,13-14H,4-5,10-12H2,1-2H3. The van der Waals surface area contributed by atoms with Crippen LogP contribution in [0.3, 0.4) is 0 Å². The summed E-state index contributed by atoms with van der Waals surface area (Å²) < 4.78 is 5.49. The summed E-state index contributed by atoms with van der Waals surface area (Å²) in [4.78, 5) is 28.2. The van der Waals surface area contributed by atoms with Gasteiger partial charge in [-0.2, -0.15) is 4.98 Å². The molecule has 1 atom stereocenters. The molecule has 1 saturated heterocycles. The number of carbonyl (C=O) groups is 1. The van der Waals surface area contributed by atoms with Crippen LogP contribution in [0.4, 0.5) is 0 Å². The summed E-state index contributed by atoms with van der Waals surface area (Å²) in [7, 11) is 0. The fourth-order valence-electron chi connectivity index (χ4n) is 3.58. The Morgan fingerprint density at radius 3 is 3.00 bits per heavy atom. The molecule has 0 bridgehead atoms. The second-order valence-corrected chi connectivity index (χ2v) is 7.47. The average Bonchev–Trinajstić information content (AvgIpc) is 3.15. The number of likely N-dealkylation sites (tertiary alicyclic amines) is 1. The number of piperidine rings is 1. The minimum atomic E-state index is -0.0206. The lowest BCUT2D eigenvalue weighted by Crippen LogP contribution is -2.39. The highest BCUT2D eigenvalue weighted by atomic mass is 16.5. The van der Waals surface area contributed by atoms with Crippen LogP contribution in [0, 0.1) is 5.92 Å². The molecule has 27 heavy (non-hydrogen) atoms. The highest BCUT2D eigenvalue weighted by Gasteiger charge is 2.30. The number of hydrogen-bond donors (Lipinski definition) is 0. The van der Waals surface area contributed by atoms with Gasteiger partial charge in [0.2, 0.25) is 5.89 Å². The minimum Gasteiger partial charge on any atom is -0.339 e. The maximum atomic E-state index is 13.1. The molecule has 1 aliphatic heterocycles. The van der Waals surface area contributed by atoms with Crippen molar-refractivity contribution in [1.29, 1.82) is 0 Å². The molecule has 0 spiro atoms. The molecule has 4 rings (SSSR count). The van der Waals surface area contributed by atoms with Crippen LogP contribution in [0.2, 0.25) is 0 Å². The first-order valence-electron chi connectivity index (χ1n) is 9.43. The Morgan fingerprint density at radius 1 is 1.30 bits per heavy atom. The monoisotopic (exact) mass is 365 g/mol. The summed E-state index contributed by atoms with van der Waals surface area (Å²) in [5.74, 6) is 1.92. The van der Waals surface area contributed by atoms with E-state index in [1.165, 1.54) is 0 Å². The third kappa shape index (κ3) is 3.67. The molecule has 140 valence electrons. The van der Waals surface area contributed by atoms with Crippen molar-refractivity contribution >= 4 is 16.9 Å². The van der Waals surface area contributed by atoms with Gasteiger partial charge in [0, 0.05) is 31.9 Å². The van der Waals surface area contributed by atoms with E-state index in [0.29, 0.717) is 29.4 Å². The Balaban J connectivity index is 1.54. The first-order valence-corrected chi connectivity index (χ1v) is 9.43. The first-order chi connectivity index (χ1) is 13.1. The molecule has 1 amide bonds. The molecule has 3 heterocycles. The second kappa shape index (κ2) is 7.42. The van der Waals surface area contributed by atoms with Crippen molar-refractivity contribution in [2.24, 2.45) is 5.92 Å². The minimum absolute atomic E-state index is 0.0206. The molecule has 7 nitrogen and oxygen atoms in total.